The van der Waals surface area contributed by atoms with E-state index in [-0.39, 0.29) is 11.9 Å². The van der Waals surface area contributed by atoms with Gasteiger partial charge in [0.25, 0.3) is 0 Å². The van der Waals surface area contributed by atoms with Gasteiger partial charge in [0.2, 0.25) is 5.95 Å². The molecule has 0 bridgehead atoms. The normalized spacial score (nSPS) is 14.2. The molecule has 0 amide bonds. The van der Waals surface area contributed by atoms with Crippen LogP contribution >= 0.6 is 0 Å². The Labute approximate surface area is 225 Å². The third kappa shape index (κ3) is 6.95. The number of pyridine rings is 1. The summed E-state index contributed by atoms with van der Waals surface area (Å²) < 4.78 is 34.9. The molecule has 10 nitrogen and oxygen atoms in total. The summed E-state index contributed by atoms with van der Waals surface area (Å²) >= 11 is 0. The molecule has 4 heterocycles. The summed E-state index contributed by atoms with van der Waals surface area (Å²) in [4.78, 5) is 20.7. The third-order valence-electron chi connectivity index (χ3n) is 6.18. The zero-order valence-corrected chi connectivity index (χ0v) is 22.4. The van der Waals surface area contributed by atoms with Crippen molar-refractivity contribution in [3.8, 4) is 5.75 Å². The fourth-order valence-corrected chi connectivity index (χ4v) is 4.36. The standard InChI is InChI=1S/C26H29F2N7O2.CH4O/c1-26(2,36)14-17-13-20-21(15-30-17)32-24(23(31-20)33-25-29-8-11-34(25)3)35-9-6-18(7-10-35)37-22-5-4-16(27)12-19(22)28;1-2/h4-5,8,11-13,15,18,36H,6-7,9-10,14H2,1-3H3,(H,29,31,33);2H,1H3. The highest BCUT2D eigenvalue weighted by Crippen LogP contribution is 2.31. The van der Waals surface area contributed by atoms with Crippen molar-refractivity contribution in [2.75, 3.05) is 30.4 Å². The Kier molecular flexibility index (Phi) is 8.56. The van der Waals surface area contributed by atoms with Crippen molar-refractivity contribution in [2.24, 2.45) is 7.05 Å². The Morgan fingerprint density at radius 2 is 1.82 bits per heavy atom. The number of hydrogen-bond donors (Lipinski definition) is 3. The van der Waals surface area contributed by atoms with E-state index in [1.54, 1.807) is 26.2 Å². The summed E-state index contributed by atoms with van der Waals surface area (Å²) in [7, 11) is 2.88. The minimum absolute atomic E-state index is 0.0513. The highest BCUT2D eigenvalue weighted by molar-refractivity contribution is 5.81. The predicted molar refractivity (Wildman–Crippen MR) is 144 cm³/mol. The van der Waals surface area contributed by atoms with Gasteiger partial charge in [-0.3, -0.25) is 4.98 Å². The Morgan fingerprint density at radius 3 is 2.46 bits per heavy atom. The molecular weight excluding hydrogens is 508 g/mol. The summed E-state index contributed by atoms with van der Waals surface area (Å²) in [6.07, 6.45) is 6.63. The van der Waals surface area contributed by atoms with Crippen LogP contribution in [0.4, 0.5) is 26.4 Å². The van der Waals surface area contributed by atoms with Crippen LogP contribution in [0, 0.1) is 11.6 Å². The van der Waals surface area contributed by atoms with Gasteiger partial charge in [0.05, 0.1) is 17.3 Å². The molecular formula is C27H33F2N7O3. The summed E-state index contributed by atoms with van der Waals surface area (Å²) in [6, 6.07) is 5.17. The number of fused-ring (bicyclic) bond motifs is 1. The summed E-state index contributed by atoms with van der Waals surface area (Å²) in [5.41, 5.74) is 1.10. The van der Waals surface area contributed by atoms with Crippen molar-refractivity contribution in [1.29, 1.82) is 0 Å². The number of rotatable bonds is 7. The molecule has 3 aromatic heterocycles. The number of piperidine rings is 1. The number of aliphatic hydroxyl groups is 2. The predicted octanol–water partition coefficient (Wildman–Crippen LogP) is 3.75. The molecule has 0 radical (unpaired) electrons. The van der Waals surface area contributed by atoms with Crippen LogP contribution in [0.2, 0.25) is 0 Å². The average molecular weight is 542 g/mol. The monoisotopic (exact) mass is 541 g/mol. The van der Waals surface area contributed by atoms with Crippen molar-refractivity contribution >= 4 is 28.6 Å². The highest BCUT2D eigenvalue weighted by Gasteiger charge is 2.26. The lowest BCUT2D eigenvalue weighted by Gasteiger charge is -2.33. The molecule has 4 aromatic rings. The number of halogens is 2. The molecule has 1 aliphatic heterocycles. The minimum atomic E-state index is -0.897. The van der Waals surface area contributed by atoms with Crippen LogP contribution in [0.3, 0.4) is 0 Å². The van der Waals surface area contributed by atoms with Crippen LogP contribution in [-0.2, 0) is 13.5 Å². The molecule has 39 heavy (non-hydrogen) atoms. The van der Waals surface area contributed by atoms with Crippen LogP contribution in [-0.4, -0.2) is 66.6 Å². The molecule has 0 saturated carbocycles. The number of aliphatic hydroxyl groups excluding tert-OH is 1. The van der Waals surface area contributed by atoms with Gasteiger partial charge in [0.1, 0.15) is 17.4 Å². The van der Waals surface area contributed by atoms with E-state index in [0.29, 0.717) is 61.0 Å². The maximum Gasteiger partial charge on any atom is 0.208 e. The van der Waals surface area contributed by atoms with Gasteiger partial charge in [0.15, 0.2) is 23.2 Å². The van der Waals surface area contributed by atoms with Crippen LogP contribution in [0.5, 0.6) is 5.75 Å². The Balaban J connectivity index is 0.00000172. The summed E-state index contributed by atoms with van der Waals surface area (Å²) in [5, 5.41) is 20.5. The first-order valence-corrected chi connectivity index (χ1v) is 12.6. The molecule has 1 saturated heterocycles. The van der Waals surface area contributed by atoms with Gasteiger partial charge in [0, 0.05) is 70.7 Å². The Bertz CT molecular complexity index is 1420. The molecule has 3 N–H and O–H groups in total. The SMILES string of the molecule is CO.Cn1ccnc1Nc1nc2cc(CC(C)(C)O)ncc2nc1N1CCC(Oc2ccc(F)cc2F)CC1. The molecule has 208 valence electrons. The van der Waals surface area contributed by atoms with Crippen molar-refractivity contribution in [3.63, 3.8) is 0 Å². The topological polar surface area (TPSA) is 121 Å². The van der Waals surface area contributed by atoms with Crippen molar-refractivity contribution < 1.29 is 23.7 Å². The van der Waals surface area contributed by atoms with E-state index in [0.717, 1.165) is 18.9 Å². The van der Waals surface area contributed by atoms with E-state index in [2.05, 4.69) is 20.2 Å². The lowest BCUT2D eigenvalue weighted by Crippen LogP contribution is -2.39. The number of aromatic nitrogens is 5. The van der Waals surface area contributed by atoms with Gasteiger partial charge in [-0.1, -0.05) is 0 Å². The Hall–Kier alpha value is -3.90. The minimum Gasteiger partial charge on any atom is -0.487 e. The molecule has 0 unspecified atom stereocenters. The van der Waals surface area contributed by atoms with Crippen LogP contribution in [0.15, 0.2) is 42.9 Å². The van der Waals surface area contributed by atoms with E-state index < -0.39 is 17.2 Å². The van der Waals surface area contributed by atoms with E-state index in [4.69, 9.17) is 19.8 Å². The molecule has 12 heteroatoms. The van der Waals surface area contributed by atoms with Gasteiger partial charge in [-0.05, 0) is 32.0 Å². The molecule has 0 aliphatic carbocycles. The van der Waals surface area contributed by atoms with E-state index in [1.165, 1.54) is 12.1 Å². The first kappa shape index (κ1) is 28.1. The van der Waals surface area contributed by atoms with Crippen molar-refractivity contribution in [1.82, 2.24) is 24.5 Å². The van der Waals surface area contributed by atoms with E-state index in [9.17, 15) is 13.9 Å². The molecule has 1 aliphatic rings. The fraction of sp³-hybridized carbons (Fsp3) is 0.407. The number of benzene rings is 1. The van der Waals surface area contributed by atoms with E-state index >= 15 is 0 Å². The number of hydrogen-bond acceptors (Lipinski definition) is 9. The summed E-state index contributed by atoms with van der Waals surface area (Å²) in [6.45, 7) is 4.68. The lowest BCUT2D eigenvalue weighted by molar-refractivity contribution is 0.0800. The zero-order chi connectivity index (χ0) is 28.2. The number of ether oxygens (including phenoxy) is 1. The second-order valence-electron chi connectivity index (χ2n) is 9.92. The number of imidazole rings is 1. The Morgan fingerprint density at radius 1 is 1.08 bits per heavy atom. The molecule has 0 spiro atoms. The first-order valence-electron chi connectivity index (χ1n) is 12.6. The van der Waals surface area contributed by atoms with Crippen LogP contribution in [0.25, 0.3) is 11.0 Å². The third-order valence-corrected chi connectivity index (χ3v) is 6.18. The van der Waals surface area contributed by atoms with Gasteiger partial charge < -0.3 is 29.7 Å². The van der Waals surface area contributed by atoms with Crippen molar-refractivity contribution in [2.45, 2.75) is 44.8 Å². The zero-order valence-electron chi connectivity index (χ0n) is 22.4. The quantitative estimate of drug-likeness (QED) is 0.321. The number of aryl methyl sites for hydroxylation is 1. The molecule has 5 rings (SSSR count). The smallest absolute Gasteiger partial charge is 0.208 e. The lowest BCUT2D eigenvalue weighted by atomic mass is 10.0. The highest BCUT2D eigenvalue weighted by atomic mass is 19.1. The summed E-state index contributed by atoms with van der Waals surface area (Å²) in [5.74, 6) is 0.524. The van der Waals surface area contributed by atoms with Gasteiger partial charge in [-0.15, -0.1) is 0 Å². The largest absolute Gasteiger partial charge is 0.487 e. The van der Waals surface area contributed by atoms with Gasteiger partial charge in [-0.2, -0.15) is 0 Å². The molecule has 1 aromatic carbocycles. The average Bonchev–Trinajstić information content (AvgIpc) is 3.30. The van der Waals surface area contributed by atoms with Crippen LogP contribution in [0.1, 0.15) is 32.4 Å². The number of nitrogens with zero attached hydrogens (tertiary/aromatic N) is 6. The number of nitrogens with one attached hydrogen (secondary N) is 1. The second kappa shape index (κ2) is 11.9. The van der Waals surface area contributed by atoms with Gasteiger partial charge >= 0.3 is 0 Å². The van der Waals surface area contributed by atoms with Crippen molar-refractivity contribution in [3.05, 3.63) is 60.2 Å². The maximum atomic E-state index is 14.1. The fourth-order valence-electron chi connectivity index (χ4n) is 4.36. The molecule has 0 atom stereocenters. The van der Waals surface area contributed by atoms with Gasteiger partial charge in [-0.25, -0.2) is 23.7 Å². The number of anilines is 3. The maximum absolute atomic E-state index is 14.1. The second-order valence-corrected chi connectivity index (χ2v) is 9.92. The first-order chi connectivity index (χ1) is 18.6. The van der Waals surface area contributed by atoms with Crippen LogP contribution < -0.4 is 15.0 Å². The van der Waals surface area contributed by atoms with E-state index in [1.807, 2.05) is 23.9 Å². The molecule has 1 fully saturated rings.